The van der Waals surface area contributed by atoms with Gasteiger partial charge in [0.15, 0.2) is 0 Å². The van der Waals surface area contributed by atoms with Crippen LogP contribution in [0, 0.1) is 6.92 Å². The molecule has 0 aliphatic carbocycles. The van der Waals surface area contributed by atoms with Crippen LogP contribution in [0.5, 0.6) is 0 Å². The molecule has 3 rings (SSSR count). The Hall–Kier alpha value is -3.08. The lowest BCUT2D eigenvalue weighted by Gasteiger charge is -2.12. The third-order valence-corrected chi connectivity index (χ3v) is 3.87. The fraction of sp³-hybridized carbons (Fsp3) is 0.200. The number of aryl methyl sites for hydroxylation is 1. The highest BCUT2D eigenvalue weighted by molar-refractivity contribution is 5.89. The molecule has 0 saturated heterocycles. The molecule has 2 aromatic carbocycles. The Morgan fingerprint density at radius 1 is 1.08 bits per heavy atom. The third kappa shape index (κ3) is 3.88. The first-order valence-electron chi connectivity index (χ1n) is 8.01. The lowest BCUT2D eigenvalue weighted by molar-refractivity contribution is 0.0467. The van der Waals surface area contributed by atoms with E-state index in [1.807, 2.05) is 68.4 Å². The Balaban J connectivity index is 1.67. The van der Waals surface area contributed by atoms with Gasteiger partial charge < -0.3 is 14.1 Å². The molecule has 5 nitrogen and oxygen atoms in total. The Morgan fingerprint density at radius 2 is 1.76 bits per heavy atom. The first-order valence-corrected chi connectivity index (χ1v) is 8.01. The molecular formula is C20H20N2O3. The second-order valence-corrected chi connectivity index (χ2v) is 5.91. The van der Waals surface area contributed by atoms with E-state index >= 15 is 0 Å². The summed E-state index contributed by atoms with van der Waals surface area (Å²) in [4.78, 5) is 18.6. The van der Waals surface area contributed by atoms with Gasteiger partial charge in [0.1, 0.15) is 18.1 Å². The van der Waals surface area contributed by atoms with Gasteiger partial charge in [0.05, 0.1) is 5.56 Å². The minimum Gasteiger partial charge on any atom is -0.455 e. The summed E-state index contributed by atoms with van der Waals surface area (Å²) in [6, 6.07) is 16.9. The average molecular weight is 336 g/mol. The van der Waals surface area contributed by atoms with E-state index in [4.69, 9.17) is 9.15 Å². The lowest BCUT2D eigenvalue weighted by atomic mass is 10.2. The maximum Gasteiger partial charge on any atom is 0.338 e. The molecule has 0 amide bonds. The predicted octanol–water partition coefficient (Wildman–Crippen LogP) is 4.07. The standard InChI is InChI=1S/C20H20N2O3/c1-14-18(21-19(25-14)15-7-5-4-6-8-15)13-24-20(23)16-9-11-17(12-10-16)22(2)3/h4-12H,13H2,1-3H3. The topological polar surface area (TPSA) is 55.6 Å². The Bertz CT molecular complexity index is 852. The van der Waals surface area contributed by atoms with Crippen molar-refractivity contribution in [2.75, 3.05) is 19.0 Å². The summed E-state index contributed by atoms with van der Waals surface area (Å²) in [7, 11) is 3.90. The third-order valence-electron chi connectivity index (χ3n) is 3.87. The molecule has 0 aliphatic heterocycles. The quantitative estimate of drug-likeness (QED) is 0.657. The van der Waals surface area contributed by atoms with Crippen LogP contribution in [0.25, 0.3) is 11.5 Å². The summed E-state index contributed by atoms with van der Waals surface area (Å²) >= 11 is 0. The van der Waals surface area contributed by atoms with Gasteiger partial charge in [0, 0.05) is 25.3 Å². The van der Waals surface area contributed by atoms with Crippen LogP contribution < -0.4 is 4.90 Å². The molecule has 25 heavy (non-hydrogen) atoms. The number of anilines is 1. The zero-order valence-corrected chi connectivity index (χ0v) is 14.5. The first kappa shape index (κ1) is 16.8. The minimum absolute atomic E-state index is 0.0798. The van der Waals surface area contributed by atoms with E-state index in [1.54, 1.807) is 12.1 Å². The molecule has 128 valence electrons. The van der Waals surface area contributed by atoms with Crippen LogP contribution in [0.2, 0.25) is 0 Å². The van der Waals surface area contributed by atoms with Crippen molar-refractivity contribution in [1.29, 1.82) is 0 Å². The molecule has 0 aliphatic rings. The van der Waals surface area contributed by atoms with E-state index in [0.29, 0.717) is 22.9 Å². The van der Waals surface area contributed by atoms with E-state index in [1.165, 1.54) is 0 Å². The van der Waals surface area contributed by atoms with Crippen molar-refractivity contribution in [3.63, 3.8) is 0 Å². The number of ether oxygens (including phenoxy) is 1. The molecule has 0 bridgehead atoms. The molecule has 0 fully saturated rings. The zero-order chi connectivity index (χ0) is 17.8. The number of hydrogen-bond acceptors (Lipinski definition) is 5. The molecule has 0 radical (unpaired) electrons. The summed E-state index contributed by atoms with van der Waals surface area (Å²) in [6.07, 6.45) is 0. The molecule has 0 atom stereocenters. The zero-order valence-electron chi connectivity index (χ0n) is 14.5. The first-order chi connectivity index (χ1) is 12.0. The van der Waals surface area contributed by atoms with Crippen LogP contribution in [0.3, 0.4) is 0 Å². The molecule has 1 heterocycles. The maximum atomic E-state index is 12.2. The monoisotopic (exact) mass is 336 g/mol. The van der Waals surface area contributed by atoms with E-state index in [0.717, 1.165) is 11.3 Å². The molecule has 5 heteroatoms. The fourth-order valence-corrected chi connectivity index (χ4v) is 2.38. The normalized spacial score (nSPS) is 10.5. The van der Waals surface area contributed by atoms with Gasteiger partial charge in [-0.05, 0) is 43.3 Å². The largest absolute Gasteiger partial charge is 0.455 e. The molecule has 0 N–H and O–H groups in total. The number of rotatable bonds is 5. The summed E-state index contributed by atoms with van der Waals surface area (Å²) in [6.45, 7) is 1.89. The van der Waals surface area contributed by atoms with Crippen molar-refractivity contribution in [3.05, 3.63) is 71.6 Å². The molecule has 0 spiro atoms. The molecule has 3 aromatic rings. The fourth-order valence-electron chi connectivity index (χ4n) is 2.38. The van der Waals surface area contributed by atoms with Crippen LogP contribution in [0.4, 0.5) is 5.69 Å². The van der Waals surface area contributed by atoms with E-state index in [2.05, 4.69) is 4.98 Å². The maximum absolute atomic E-state index is 12.2. The lowest BCUT2D eigenvalue weighted by Crippen LogP contribution is -2.10. The van der Waals surface area contributed by atoms with Crippen molar-refractivity contribution in [2.24, 2.45) is 0 Å². The van der Waals surface area contributed by atoms with Crippen molar-refractivity contribution < 1.29 is 13.9 Å². The van der Waals surface area contributed by atoms with Crippen molar-refractivity contribution in [3.8, 4) is 11.5 Å². The number of hydrogen-bond donors (Lipinski definition) is 0. The van der Waals surface area contributed by atoms with E-state index in [-0.39, 0.29) is 12.6 Å². The van der Waals surface area contributed by atoms with E-state index in [9.17, 15) is 4.79 Å². The van der Waals surface area contributed by atoms with Gasteiger partial charge in [-0.1, -0.05) is 18.2 Å². The van der Waals surface area contributed by atoms with Crippen LogP contribution in [0.1, 0.15) is 21.8 Å². The SMILES string of the molecule is Cc1oc(-c2ccccc2)nc1COC(=O)c1ccc(N(C)C)cc1. The molecule has 1 aromatic heterocycles. The van der Waals surface area contributed by atoms with Gasteiger partial charge in [0.25, 0.3) is 0 Å². The number of aromatic nitrogens is 1. The second kappa shape index (κ2) is 7.21. The van der Waals surface area contributed by atoms with Gasteiger partial charge in [-0.2, -0.15) is 0 Å². The highest BCUT2D eigenvalue weighted by Crippen LogP contribution is 2.22. The number of carbonyl (C=O) groups excluding carboxylic acids is 1. The molecular weight excluding hydrogens is 316 g/mol. The average Bonchev–Trinajstić information content (AvgIpc) is 3.01. The van der Waals surface area contributed by atoms with Crippen molar-refractivity contribution in [1.82, 2.24) is 4.98 Å². The van der Waals surface area contributed by atoms with Crippen molar-refractivity contribution in [2.45, 2.75) is 13.5 Å². The number of carbonyl (C=O) groups is 1. The van der Waals surface area contributed by atoms with Crippen LogP contribution in [-0.2, 0) is 11.3 Å². The number of nitrogens with zero attached hydrogens (tertiary/aromatic N) is 2. The van der Waals surface area contributed by atoms with Gasteiger partial charge in [-0.3, -0.25) is 0 Å². The number of esters is 1. The van der Waals surface area contributed by atoms with Gasteiger partial charge in [0.2, 0.25) is 5.89 Å². The summed E-state index contributed by atoms with van der Waals surface area (Å²) in [5, 5.41) is 0. The highest BCUT2D eigenvalue weighted by atomic mass is 16.5. The summed E-state index contributed by atoms with van der Waals surface area (Å²) in [5.74, 6) is 0.795. The van der Waals surface area contributed by atoms with Crippen LogP contribution in [0.15, 0.2) is 59.0 Å². The number of benzene rings is 2. The van der Waals surface area contributed by atoms with Crippen LogP contribution in [-0.4, -0.2) is 25.0 Å². The smallest absolute Gasteiger partial charge is 0.338 e. The second-order valence-electron chi connectivity index (χ2n) is 5.91. The Morgan fingerprint density at radius 3 is 2.40 bits per heavy atom. The Labute approximate surface area is 146 Å². The number of oxazole rings is 1. The summed E-state index contributed by atoms with van der Waals surface area (Å²) in [5.41, 5.74) is 3.05. The highest BCUT2D eigenvalue weighted by Gasteiger charge is 2.14. The van der Waals surface area contributed by atoms with Crippen molar-refractivity contribution >= 4 is 11.7 Å². The predicted molar refractivity (Wildman–Crippen MR) is 96.6 cm³/mol. The van der Waals surface area contributed by atoms with Gasteiger partial charge in [-0.25, -0.2) is 9.78 Å². The summed E-state index contributed by atoms with van der Waals surface area (Å²) < 4.78 is 11.0. The van der Waals surface area contributed by atoms with Gasteiger partial charge >= 0.3 is 5.97 Å². The molecule has 0 unspecified atom stereocenters. The Kier molecular flexibility index (Phi) is 4.84. The molecule has 0 saturated carbocycles. The van der Waals surface area contributed by atoms with Crippen LogP contribution >= 0.6 is 0 Å². The minimum atomic E-state index is -0.381. The van der Waals surface area contributed by atoms with Gasteiger partial charge in [-0.15, -0.1) is 0 Å². The van der Waals surface area contributed by atoms with E-state index < -0.39 is 0 Å².